The monoisotopic (exact) mass is 405 g/mol. The molecule has 2 unspecified atom stereocenters. The predicted molar refractivity (Wildman–Crippen MR) is 123 cm³/mol. The molecule has 5 heteroatoms. The lowest BCUT2D eigenvalue weighted by Gasteiger charge is -2.43. The minimum atomic E-state index is 0.374. The van der Waals surface area contributed by atoms with Crippen molar-refractivity contribution in [3.8, 4) is 6.07 Å². The Bertz CT molecular complexity index is 804. The summed E-state index contributed by atoms with van der Waals surface area (Å²) in [5, 5.41) is 16.4. The first-order valence-electron chi connectivity index (χ1n) is 11.2. The van der Waals surface area contributed by atoms with E-state index in [1.165, 1.54) is 24.8 Å². The van der Waals surface area contributed by atoms with E-state index >= 15 is 0 Å². The van der Waals surface area contributed by atoms with Gasteiger partial charge in [-0.3, -0.25) is 4.99 Å². The molecule has 160 valence electrons. The topological polar surface area (TPSA) is 86.2 Å². The molecule has 2 aliphatic rings. The Labute approximate surface area is 181 Å². The lowest BCUT2D eigenvalue weighted by molar-refractivity contribution is 0.110. The van der Waals surface area contributed by atoms with E-state index in [0.29, 0.717) is 41.7 Å². The molecular weight excluding hydrogens is 370 g/mol. The molecule has 4 atom stereocenters. The van der Waals surface area contributed by atoms with Crippen molar-refractivity contribution in [2.75, 3.05) is 6.54 Å². The van der Waals surface area contributed by atoms with Gasteiger partial charge >= 0.3 is 0 Å². The SMILES string of the molecule is CC=C(NCc1ccccc1)NC(=NCC1C[C@H]2CCC[C@@H](C1)C2N)/C(C#N)=C\C. The molecule has 5 nitrogen and oxygen atoms in total. The third-order valence-electron chi connectivity index (χ3n) is 6.55. The second-order valence-electron chi connectivity index (χ2n) is 8.54. The first-order chi connectivity index (χ1) is 14.6. The summed E-state index contributed by atoms with van der Waals surface area (Å²) < 4.78 is 0. The van der Waals surface area contributed by atoms with Gasteiger partial charge in [-0.2, -0.15) is 5.26 Å². The zero-order valence-electron chi connectivity index (χ0n) is 18.3. The van der Waals surface area contributed by atoms with E-state index in [1.807, 2.05) is 44.2 Å². The van der Waals surface area contributed by atoms with Gasteiger partial charge in [0.05, 0.1) is 5.57 Å². The van der Waals surface area contributed by atoms with E-state index < -0.39 is 0 Å². The number of nitriles is 1. The van der Waals surface area contributed by atoms with Crippen molar-refractivity contribution in [1.82, 2.24) is 10.6 Å². The minimum absolute atomic E-state index is 0.374. The van der Waals surface area contributed by atoms with Crippen molar-refractivity contribution in [3.63, 3.8) is 0 Å². The van der Waals surface area contributed by atoms with Crippen LogP contribution in [0.1, 0.15) is 51.5 Å². The number of rotatable bonds is 7. The number of hydrogen-bond donors (Lipinski definition) is 3. The van der Waals surface area contributed by atoms with Crippen molar-refractivity contribution in [2.24, 2.45) is 28.5 Å². The zero-order valence-corrected chi connectivity index (χ0v) is 18.3. The standard InChI is InChI=1S/C25H35N5/c1-3-20(15-26)25(30-23(4-2)28-16-18-9-6-5-7-10-18)29-17-19-13-21-11-8-12-22(14-19)24(21)27/h3-7,9-10,19,21-22,24,28H,8,11-14,16-17,27H2,1-2H3,(H,29,30)/b20-3-,23-4?/t19?,21-,22+,24?. The second-order valence-corrected chi connectivity index (χ2v) is 8.54. The van der Waals surface area contributed by atoms with Crippen LogP contribution in [0.25, 0.3) is 0 Å². The van der Waals surface area contributed by atoms with E-state index in [1.54, 1.807) is 0 Å². The quantitative estimate of drug-likeness (QED) is 0.360. The first-order valence-corrected chi connectivity index (χ1v) is 11.2. The van der Waals surface area contributed by atoms with Crippen LogP contribution in [0, 0.1) is 29.1 Å². The van der Waals surface area contributed by atoms with Crippen LogP contribution in [0.15, 0.2) is 58.9 Å². The van der Waals surface area contributed by atoms with Crippen LogP contribution in [-0.4, -0.2) is 18.4 Å². The van der Waals surface area contributed by atoms with Crippen LogP contribution in [0.2, 0.25) is 0 Å². The Hall–Kier alpha value is -2.58. The van der Waals surface area contributed by atoms with Crippen molar-refractivity contribution >= 4 is 5.84 Å². The summed E-state index contributed by atoms with van der Waals surface area (Å²) in [4.78, 5) is 4.88. The summed E-state index contributed by atoms with van der Waals surface area (Å²) in [6.07, 6.45) is 9.96. The van der Waals surface area contributed by atoms with Crippen LogP contribution in [0.3, 0.4) is 0 Å². The van der Waals surface area contributed by atoms with E-state index in [4.69, 9.17) is 10.7 Å². The maximum absolute atomic E-state index is 9.60. The maximum atomic E-state index is 9.60. The molecular formula is C25H35N5. The van der Waals surface area contributed by atoms with E-state index in [-0.39, 0.29) is 0 Å². The van der Waals surface area contributed by atoms with Crippen molar-refractivity contribution in [3.05, 3.63) is 59.4 Å². The largest absolute Gasteiger partial charge is 0.368 e. The normalized spacial score (nSPS) is 27.3. The van der Waals surface area contributed by atoms with Crippen LogP contribution in [-0.2, 0) is 6.54 Å². The molecule has 1 aromatic rings. The highest BCUT2D eigenvalue weighted by atomic mass is 15.1. The average molecular weight is 406 g/mol. The van der Waals surface area contributed by atoms with Crippen LogP contribution in [0.4, 0.5) is 0 Å². The third kappa shape index (κ3) is 5.73. The van der Waals surface area contributed by atoms with Gasteiger partial charge in [0.25, 0.3) is 0 Å². The summed E-state index contributed by atoms with van der Waals surface area (Å²) in [5.74, 6) is 3.35. The lowest BCUT2D eigenvalue weighted by Crippen LogP contribution is -2.46. The molecule has 1 aromatic carbocycles. The zero-order chi connectivity index (χ0) is 21.3. The molecule has 0 saturated heterocycles. The minimum Gasteiger partial charge on any atom is -0.368 e. The molecule has 2 bridgehead atoms. The number of amidine groups is 1. The number of allylic oxidation sites excluding steroid dienone is 2. The Balaban J connectivity index is 1.65. The molecule has 2 saturated carbocycles. The highest BCUT2D eigenvalue weighted by molar-refractivity contribution is 6.02. The summed E-state index contributed by atoms with van der Waals surface area (Å²) in [6, 6.07) is 12.9. The maximum Gasteiger partial charge on any atom is 0.144 e. The predicted octanol–water partition coefficient (Wildman–Crippen LogP) is 4.25. The van der Waals surface area contributed by atoms with E-state index in [2.05, 4.69) is 28.8 Å². The first kappa shape index (κ1) is 22.1. The Morgan fingerprint density at radius 2 is 1.87 bits per heavy atom. The van der Waals surface area contributed by atoms with Gasteiger partial charge in [-0.25, -0.2) is 0 Å². The summed E-state index contributed by atoms with van der Waals surface area (Å²) in [7, 11) is 0. The van der Waals surface area contributed by atoms with Gasteiger partial charge < -0.3 is 16.4 Å². The van der Waals surface area contributed by atoms with Crippen molar-refractivity contribution in [1.29, 1.82) is 5.26 Å². The number of hydrogen-bond acceptors (Lipinski definition) is 4. The fraction of sp³-hybridized carbons (Fsp3) is 0.520. The van der Waals surface area contributed by atoms with E-state index in [9.17, 15) is 5.26 Å². The number of nitrogens with one attached hydrogen (secondary N) is 2. The molecule has 0 radical (unpaired) electrons. The number of nitrogens with two attached hydrogens (primary N) is 1. The molecule has 30 heavy (non-hydrogen) atoms. The Kier molecular flexibility index (Phi) is 8.10. The van der Waals surface area contributed by atoms with Gasteiger partial charge in [0, 0.05) is 19.1 Å². The summed E-state index contributed by atoms with van der Waals surface area (Å²) >= 11 is 0. The smallest absolute Gasteiger partial charge is 0.144 e. The van der Waals surface area contributed by atoms with Crippen LogP contribution < -0.4 is 16.4 Å². The molecule has 0 heterocycles. The molecule has 2 aliphatic carbocycles. The number of benzene rings is 1. The Morgan fingerprint density at radius 3 is 2.47 bits per heavy atom. The highest BCUT2D eigenvalue weighted by Crippen LogP contribution is 2.41. The van der Waals surface area contributed by atoms with Gasteiger partial charge in [-0.1, -0.05) is 42.8 Å². The molecule has 0 spiro atoms. The molecule has 0 aromatic heterocycles. The lowest BCUT2D eigenvalue weighted by atomic mass is 9.65. The van der Waals surface area contributed by atoms with Crippen molar-refractivity contribution in [2.45, 2.75) is 58.5 Å². The molecule has 2 fully saturated rings. The van der Waals surface area contributed by atoms with Crippen molar-refractivity contribution < 1.29 is 0 Å². The van der Waals surface area contributed by atoms with Gasteiger partial charge in [0.15, 0.2) is 0 Å². The number of aliphatic imine (C=N–C) groups is 1. The fourth-order valence-corrected chi connectivity index (χ4v) is 4.87. The molecule has 4 N–H and O–H groups in total. The summed E-state index contributed by atoms with van der Waals surface area (Å²) in [6.45, 7) is 5.31. The number of nitrogens with zero attached hydrogens (tertiary/aromatic N) is 2. The van der Waals surface area contributed by atoms with Gasteiger partial charge in [0.2, 0.25) is 0 Å². The van der Waals surface area contributed by atoms with Gasteiger partial charge in [-0.15, -0.1) is 0 Å². The number of fused-ring (bicyclic) bond motifs is 2. The average Bonchev–Trinajstić information content (AvgIpc) is 2.76. The van der Waals surface area contributed by atoms with Gasteiger partial charge in [0.1, 0.15) is 17.7 Å². The highest BCUT2D eigenvalue weighted by Gasteiger charge is 2.37. The van der Waals surface area contributed by atoms with E-state index in [0.717, 1.165) is 25.2 Å². The third-order valence-corrected chi connectivity index (χ3v) is 6.55. The van der Waals surface area contributed by atoms with Crippen LogP contribution in [0.5, 0.6) is 0 Å². The van der Waals surface area contributed by atoms with Gasteiger partial charge in [-0.05, 0) is 68.9 Å². The molecule has 0 aliphatic heterocycles. The summed E-state index contributed by atoms with van der Waals surface area (Å²) in [5.41, 5.74) is 8.22. The van der Waals surface area contributed by atoms with Crippen LogP contribution >= 0.6 is 0 Å². The molecule has 3 rings (SSSR count). The second kappa shape index (κ2) is 11.0. The fourth-order valence-electron chi connectivity index (χ4n) is 4.87. The Morgan fingerprint density at radius 1 is 1.17 bits per heavy atom. The molecule has 0 amide bonds.